The highest BCUT2D eigenvalue weighted by atomic mass is 16.2. The average Bonchev–Trinajstić information content (AvgIpc) is 2.88. The maximum absolute atomic E-state index is 12.3. The van der Waals surface area contributed by atoms with Crippen LogP contribution >= 0.6 is 0 Å². The second-order valence-corrected chi connectivity index (χ2v) is 5.70. The number of hydrogen-bond donors (Lipinski definition) is 0. The van der Waals surface area contributed by atoms with Crippen LogP contribution in [0.1, 0.15) is 33.6 Å². The summed E-state index contributed by atoms with van der Waals surface area (Å²) in [4.78, 5) is 24.5. The van der Waals surface area contributed by atoms with Crippen LogP contribution in [0, 0.1) is 27.7 Å². The summed E-state index contributed by atoms with van der Waals surface area (Å²) < 4.78 is 2.93. The Morgan fingerprint density at radius 3 is 2.00 bits per heavy atom. The molecule has 0 aliphatic rings. The lowest BCUT2D eigenvalue weighted by Crippen LogP contribution is -2.23. The summed E-state index contributed by atoms with van der Waals surface area (Å²) in [6, 6.07) is 8.14. The molecule has 0 unspecified atom stereocenters. The minimum Gasteiger partial charge on any atom is -0.267 e. The van der Waals surface area contributed by atoms with Gasteiger partial charge in [-0.15, -0.1) is 0 Å². The molecule has 0 bridgehead atoms. The summed E-state index contributed by atoms with van der Waals surface area (Å²) >= 11 is 0. The second kappa shape index (κ2) is 4.98. The van der Waals surface area contributed by atoms with Crippen LogP contribution in [0.15, 0.2) is 33.9 Å². The first-order valence-corrected chi connectivity index (χ1v) is 7.23. The van der Waals surface area contributed by atoms with E-state index in [2.05, 4.69) is 0 Å². The minimum atomic E-state index is -0.246. The highest BCUT2D eigenvalue weighted by Crippen LogP contribution is 2.14. The number of nitrogens with zero attached hydrogens (tertiary/aromatic N) is 2. The summed E-state index contributed by atoms with van der Waals surface area (Å²) in [6.07, 6.45) is 3.85. The van der Waals surface area contributed by atoms with Gasteiger partial charge >= 0.3 is 0 Å². The van der Waals surface area contributed by atoms with E-state index >= 15 is 0 Å². The van der Waals surface area contributed by atoms with Gasteiger partial charge in [0.05, 0.1) is 5.69 Å². The molecule has 0 amide bonds. The zero-order valence-electron chi connectivity index (χ0n) is 13.2. The SMILES string of the molecule is Cc1ccc(/C=C/c2c(C)c(=O)n3c(=O)c(C)c(C)n23)cc1. The van der Waals surface area contributed by atoms with E-state index in [1.54, 1.807) is 18.4 Å². The minimum absolute atomic E-state index is 0.236. The second-order valence-electron chi connectivity index (χ2n) is 5.70. The number of aromatic nitrogens is 2. The molecule has 0 saturated carbocycles. The van der Waals surface area contributed by atoms with Crippen LogP contribution in [-0.4, -0.2) is 9.03 Å². The summed E-state index contributed by atoms with van der Waals surface area (Å²) in [7, 11) is 0. The van der Waals surface area contributed by atoms with Crippen molar-refractivity contribution < 1.29 is 0 Å². The lowest BCUT2D eigenvalue weighted by molar-refractivity contribution is 0.781. The van der Waals surface area contributed by atoms with Crippen LogP contribution in [0.2, 0.25) is 0 Å². The molecule has 0 atom stereocenters. The molecule has 4 nitrogen and oxygen atoms in total. The van der Waals surface area contributed by atoms with Gasteiger partial charge in [-0.05, 0) is 39.3 Å². The molecule has 2 heterocycles. The molecule has 0 aliphatic carbocycles. The van der Waals surface area contributed by atoms with E-state index in [0.29, 0.717) is 11.1 Å². The van der Waals surface area contributed by atoms with Crippen molar-refractivity contribution in [2.45, 2.75) is 27.7 Å². The van der Waals surface area contributed by atoms with Crippen molar-refractivity contribution >= 4 is 12.2 Å². The van der Waals surface area contributed by atoms with Crippen molar-refractivity contribution in [3.8, 4) is 0 Å². The Bertz CT molecular complexity index is 989. The number of benzene rings is 1. The fourth-order valence-corrected chi connectivity index (χ4v) is 2.66. The largest absolute Gasteiger partial charge is 0.278 e. The Kier molecular flexibility index (Phi) is 3.24. The van der Waals surface area contributed by atoms with Gasteiger partial charge in [-0.3, -0.25) is 9.59 Å². The smallest absolute Gasteiger partial charge is 0.267 e. The van der Waals surface area contributed by atoms with Crippen LogP contribution in [0.3, 0.4) is 0 Å². The van der Waals surface area contributed by atoms with Crippen LogP contribution < -0.4 is 11.1 Å². The Labute approximate surface area is 128 Å². The van der Waals surface area contributed by atoms with Gasteiger partial charge in [0.1, 0.15) is 0 Å². The number of rotatable bonds is 2. The monoisotopic (exact) mass is 294 g/mol. The lowest BCUT2D eigenvalue weighted by Gasteiger charge is -1.99. The first-order chi connectivity index (χ1) is 10.4. The van der Waals surface area contributed by atoms with Gasteiger partial charge in [0.2, 0.25) is 0 Å². The van der Waals surface area contributed by atoms with Crippen LogP contribution in [-0.2, 0) is 0 Å². The highest BCUT2D eigenvalue weighted by Gasteiger charge is 2.18. The summed E-state index contributed by atoms with van der Waals surface area (Å²) in [6.45, 7) is 7.41. The zero-order valence-corrected chi connectivity index (χ0v) is 13.2. The van der Waals surface area contributed by atoms with Crippen molar-refractivity contribution in [3.05, 3.63) is 78.6 Å². The molecule has 0 radical (unpaired) electrons. The standard InChI is InChI=1S/C18H18N2O2/c1-11-5-7-15(8-6-11)9-10-16-13(3)18(22)20-17(21)12(2)14(4)19(16)20/h5-10H,1-4H3/b10-9+. The predicted octanol–water partition coefficient (Wildman–Crippen LogP) is 2.60. The molecule has 1 aromatic carbocycles. The van der Waals surface area contributed by atoms with E-state index in [1.165, 1.54) is 10.1 Å². The van der Waals surface area contributed by atoms with E-state index in [-0.39, 0.29) is 11.1 Å². The van der Waals surface area contributed by atoms with Crippen molar-refractivity contribution in [2.75, 3.05) is 0 Å². The molecule has 0 N–H and O–H groups in total. The molecule has 3 rings (SSSR count). The molecular formula is C18H18N2O2. The summed E-state index contributed by atoms with van der Waals surface area (Å²) in [5, 5.41) is 0. The van der Waals surface area contributed by atoms with Crippen molar-refractivity contribution in [2.24, 2.45) is 0 Å². The predicted molar refractivity (Wildman–Crippen MR) is 88.9 cm³/mol. The Hall–Kier alpha value is -2.62. The molecule has 4 heteroatoms. The zero-order chi connectivity index (χ0) is 16.0. The maximum Gasteiger partial charge on any atom is 0.278 e. The normalized spacial score (nSPS) is 11.8. The fourth-order valence-electron chi connectivity index (χ4n) is 2.66. The van der Waals surface area contributed by atoms with Gasteiger partial charge in [0.25, 0.3) is 11.1 Å². The van der Waals surface area contributed by atoms with Crippen LogP contribution in [0.25, 0.3) is 12.2 Å². The molecule has 3 aromatic rings. The average molecular weight is 294 g/mol. The third kappa shape index (κ3) is 1.99. The lowest BCUT2D eigenvalue weighted by atomic mass is 10.1. The highest BCUT2D eigenvalue weighted by molar-refractivity contribution is 5.69. The molecule has 0 fully saturated rings. The molecule has 112 valence electrons. The van der Waals surface area contributed by atoms with E-state index in [9.17, 15) is 9.59 Å². The van der Waals surface area contributed by atoms with Crippen LogP contribution in [0.4, 0.5) is 0 Å². The number of fused-ring (bicyclic) bond motifs is 1. The molecule has 0 aliphatic heterocycles. The molecule has 22 heavy (non-hydrogen) atoms. The van der Waals surface area contributed by atoms with E-state index in [4.69, 9.17) is 0 Å². The number of hydrogen-bond acceptors (Lipinski definition) is 2. The van der Waals surface area contributed by atoms with E-state index < -0.39 is 0 Å². The molecular weight excluding hydrogens is 276 g/mol. The van der Waals surface area contributed by atoms with Gasteiger partial charge in [-0.25, -0.2) is 4.52 Å². The summed E-state index contributed by atoms with van der Waals surface area (Å²) in [5.41, 5.74) is 4.54. The van der Waals surface area contributed by atoms with Gasteiger partial charge in [0.15, 0.2) is 0 Å². The van der Waals surface area contributed by atoms with Gasteiger partial charge < -0.3 is 0 Å². The van der Waals surface area contributed by atoms with Gasteiger partial charge in [-0.2, -0.15) is 4.52 Å². The van der Waals surface area contributed by atoms with Gasteiger partial charge in [-0.1, -0.05) is 35.9 Å². The number of aryl methyl sites for hydroxylation is 2. The Morgan fingerprint density at radius 1 is 0.773 bits per heavy atom. The maximum atomic E-state index is 12.3. The Balaban J connectivity index is 2.21. The van der Waals surface area contributed by atoms with Crippen molar-refractivity contribution in [3.63, 3.8) is 0 Å². The van der Waals surface area contributed by atoms with E-state index in [1.807, 2.05) is 50.3 Å². The first-order valence-electron chi connectivity index (χ1n) is 7.23. The molecule has 0 saturated heterocycles. The van der Waals surface area contributed by atoms with Crippen LogP contribution in [0.5, 0.6) is 0 Å². The third-order valence-corrected chi connectivity index (χ3v) is 4.21. The topological polar surface area (TPSA) is 43.0 Å². The summed E-state index contributed by atoms with van der Waals surface area (Å²) in [5.74, 6) is 0. The molecule has 2 aromatic heterocycles. The van der Waals surface area contributed by atoms with Gasteiger partial charge in [0, 0.05) is 16.8 Å². The van der Waals surface area contributed by atoms with Crippen molar-refractivity contribution in [1.82, 2.24) is 9.03 Å². The first kappa shape index (κ1) is 14.3. The quantitative estimate of drug-likeness (QED) is 0.729. The Morgan fingerprint density at radius 2 is 1.36 bits per heavy atom. The molecule has 0 spiro atoms. The fraction of sp³-hybridized carbons (Fsp3) is 0.222. The van der Waals surface area contributed by atoms with E-state index in [0.717, 1.165) is 17.0 Å². The third-order valence-electron chi connectivity index (χ3n) is 4.21. The van der Waals surface area contributed by atoms with Crippen molar-refractivity contribution in [1.29, 1.82) is 0 Å².